The fraction of sp³-hybridized carbons (Fsp3) is 0.458. The van der Waals surface area contributed by atoms with E-state index in [1.165, 1.54) is 38.3 Å². The number of aromatic nitrogens is 4. The molecule has 2 fully saturated rings. The molecule has 3 N–H and O–H groups in total. The van der Waals surface area contributed by atoms with E-state index in [0.29, 0.717) is 18.4 Å². The SMILES string of the molecule is Cc1c(C23CC2CN(CC(N)=O)C3)sc2[nH]c(-c3cc(C)c4ncnn4c3)c(C(C)C)c12. The number of nitrogens with zero attached hydrogens (tertiary/aromatic N) is 4. The smallest absolute Gasteiger partial charge is 0.231 e. The first-order valence-corrected chi connectivity index (χ1v) is 12.1. The molecule has 0 radical (unpaired) electrons. The van der Waals surface area contributed by atoms with Gasteiger partial charge in [0.05, 0.1) is 12.2 Å². The molecule has 0 spiro atoms. The van der Waals surface area contributed by atoms with Crippen LogP contribution in [0.25, 0.3) is 27.1 Å². The van der Waals surface area contributed by atoms with E-state index in [9.17, 15) is 4.79 Å². The van der Waals surface area contributed by atoms with E-state index in [2.05, 4.69) is 59.9 Å². The van der Waals surface area contributed by atoms with E-state index >= 15 is 0 Å². The molecule has 2 unspecified atom stereocenters. The van der Waals surface area contributed by atoms with Crippen LogP contribution in [-0.2, 0) is 10.2 Å². The molecule has 6 rings (SSSR count). The highest BCUT2D eigenvalue weighted by Gasteiger charge is 2.62. The van der Waals surface area contributed by atoms with Gasteiger partial charge in [0.2, 0.25) is 5.91 Å². The van der Waals surface area contributed by atoms with Crippen molar-refractivity contribution in [2.75, 3.05) is 19.6 Å². The molecule has 7 nitrogen and oxygen atoms in total. The summed E-state index contributed by atoms with van der Waals surface area (Å²) in [7, 11) is 0. The van der Waals surface area contributed by atoms with Crippen LogP contribution in [0.1, 0.15) is 47.8 Å². The second kappa shape index (κ2) is 6.65. The largest absolute Gasteiger partial charge is 0.369 e. The lowest BCUT2D eigenvalue weighted by Crippen LogP contribution is -2.34. The maximum absolute atomic E-state index is 11.4. The fourth-order valence-electron chi connectivity index (χ4n) is 6.02. The van der Waals surface area contributed by atoms with Gasteiger partial charge in [0, 0.05) is 40.5 Å². The number of fused-ring (bicyclic) bond motifs is 3. The zero-order valence-electron chi connectivity index (χ0n) is 18.9. The lowest BCUT2D eigenvalue weighted by Gasteiger charge is -2.19. The summed E-state index contributed by atoms with van der Waals surface area (Å²) < 4.78 is 1.86. The number of piperidine rings is 1. The number of nitrogens with two attached hydrogens (primary N) is 1. The van der Waals surface area contributed by atoms with Crippen molar-refractivity contribution in [3.63, 3.8) is 0 Å². The van der Waals surface area contributed by atoms with Gasteiger partial charge in [-0.05, 0) is 54.9 Å². The molecule has 0 bridgehead atoms. The number of aromatic amines is 1. The number of carbonyl (C=O) groups is 1. The first-order valence-electron chi connectivity index (χ1n) is 11.2. The Balaban J connectivity index is 1.47. The Kier molecular flexibility index (Phi) is 4.14. The molecule has 8 heteroatoms. The second-order valence-electron chi connectivity index (χ2n) is 9.96. The molecular formula is C24H28N6OS. The molecule has 1 aliphatic heterocycles. The summed E-state index contributed by atoms with van der Waals surface area (Å²) in [5, 5.41) is 5.74. The topological polar surface area (TPSA) is 92.3 Å². The third-order valence-electron chi connectivity index (χ3n) is 7.40. The first kappa shape index (κ1) is 19.9. The number of thiophene rings is 1. The average molecular weight is 449 g/mol. The van der Waals surface area contributed by atoms with Gasteiger partial charge in [-0.1, -0.05) is 13.8 Å². The monoisotopic (exact) mass is 448 g/mol. The first-order chi connectivity index (χ1) is 15.3. The van der Waals surface area contributed by atoms with Crippen LogP contribution in [-0.4, -0.2) is 50.0 Å². The summed E-state index contributed by atoms with van der Waals surface area (Å²) in [5.41, 5.74) is 12.8. The Morgan fingerprint density at radius 2 is 2.22 bits per heavy atom. The number of carbonyl (C=O) groups excluding carboxylic acids is 1. The van der Waals surface area contributed by atoms with Gasteiger partial charge < -0.3 is 10.7 Å². The van der Waals surface area contributed by atoms with Crippen LogP contribution in [0.2, 0.25) is 0 Å². The van der Waals surface area contributed by atoms with Crippen LogP contribution in [0.5, 0.6) is 0 Å². The Bertz CT molecular complexity index is 1390. The van der Waals surface area contributed by atoms with Crippen molar-refractivity contribution >= 4 is 33.1 Å². The summed E-state index contributed by atoms with van der Waals surface area (Å²) >= 11 is 1.91. The highest BCUT2D eigenvalue weighted by Crippen LogP contribution is 2.62. The van der Waals surface area contributed by atoms with Gasteiger partial charge >= 0.3 is 0 Å². The predicted molar refractivity (Wildman–Crippen MR) is 127 cm³/mol. The minimum atomic E-state index is -0.233. The van der Waals surface area contributed by atoms with Gasteiger partial charge in [-0.25, -0.2) is 9.50 Å². The Morgan fingerprint density at radius 1 is 1.41 bits per heavy atom. The van der Waals surface area contributed by atoms with Gasteiger partial charge in [0.15, 0.2) is 5.65 Å². The average Bonchev–Trinajstić information content (AvgIpc) is 3.17. The molecule has 1 saturated carbocycles. The van der Waals surface area contributed by atoms with E-state index in [1.54, 1.807) is 6.33 Å². The van der Waals surface area contributed by atoms with Gasteiger partial charge in [-0.3, -0.25) is 9.69 Å². The number of aryl methyl sites for hydroxylation is 2. The molecular weight excluding hydrogens is 420 g/mol. The zero-order valence-corrected chi connectivity index (χ0v) is 19.7. The van der Waals surface area contributed by atoms with Crippen LogP contribution in [0.4, 0.5) is 0 Å². The third-order valence-corrected chi connectivity index (χ3v) is 8.82. The lowest BCUT2D eigenvalue weighted by atomic mass is 9.93. The van der Waals surface area contributed by atoms with Gasteiger partial charge in [-0.15, -0.1) is 11.3 Å². The molecule has 166 valence electrons. The summed E-state index contributed by atoms with van der Waals surface area (Å²) in [6, 6.07) is 2.20. The number of nitrogens with one attached hydrogen (secondary N) is 1. The minimum Gasteiger partial charge on any atom is -0.369 e. The standard InChI is InChI=1S/C24H28N6OS/c1-12(2)18-19-14(4)21(24-6-16(24)8-29(10-24)9-17(25)31)32-23(19)28-20(18)15-5-13(3)22-26-11-27-30(22)7-15/h5,7,11-12,16,28H,6,8-10H2,1-4H3,(H2,25,31). The molecule has 4 aromatic heterocycles. The maximum Gasteiger partial charge on any atom is 0.231 e. The van der Waals surface area contributed by atoms with Crippen molar-refractivity contribution in [1.82, 2.24) is 24.5 Å². The molecule has 1 amide bonds. The fourth-order valence-corrected chi connectivity index (χ4v) is 7.52. The molecule has 1 saturated heterocycles. The van der Waals surface area contributed by atoms with E-state index in [-0.39, 0.29) is 11.3 Å². The molecule has 0 aromatic carbocycles. The van der Waals surface area contributed by atoms with Crippen molar-refractivity contribution in [1.29, 1.82) is 0 Å². The van der Waals surface area contributed by atoms with Gasteiger partial charge in [-0.2, -0.15) is 5.10 Å². The zero-order chi connectivity index (χ0) is 22.4. The number of amides is 1. The van der Waals surface area contributed by atoms with Crippen molar-refractivity contribution in [3.05, 3.63) is 40.2 Å². The molecule has 2 aliphatic rings. The van der Waals surface area contributed by atoms with Crippen molar-refractivity contribution < 1.29 is 4.79 Å². The second-order valence-corrected chi connectivity index (χ2v) is 11.0. The number of hydrogen-bond acceptors (Lipinski definition) is 5. The molecule has 32 heavy (non-hydrogen) atoms. The van der Waals surface area contributed by atoms with E-state index in [1.807, 2.05) is 15.9 Å². The van der Waals surface area contributed by atoms with Crippen molar-refractivity contribution in [3.8, 4) is 11.3 Å². The van der Waals surface area contributed by atoms with Crippen LogP contribution in [0.3, 0.4) is 0 Å². The number of hydrogen-bond donors (Lipinski definition) is 2. The summed E-state index contributed by atoms with van der Waals surface area (Å²) in [6.07, 6.45) is 4.90. The number of rotatable bonds is 5. The Labute approximate surface area is 190 Å². The lowest BCUT2D eigenvalue weighted by molar-refractivity contribution is -0.119. The van der Waals surface area contributed by atoms with E-state index < -0.39 is 0 Å². The summed E-state index contributed by atoms with van der Waals surface area (Å²) in [6.45, 7) is 11.2. The number of primary amides is 1. The predicted octanol–water partition coefficient (Wildman–Crippen LogP) is 3.74. The highest BCUT2D eigenvalue weighted by molar-refractivity contribution is 7.19. The van der Waals surface area contributed by atoms with E-state index in [4.69, 9.17) is 5.73 Å². The minimum absolute atomic E-state index is 0.203. The van der Waals surface area contributed by atoms with Crippen LogP contribution >= 0.6 is 11.3 Å². The Morgan fingerprint density at radius 3 is 2.97 bits per heavy atom. The number of likely N-dealkylation sites (tertiary alicyclic amines) is 1. The maximum atomic E-state index is 11.4. The van der Waals surface area contributed by atoms with Gasteiger partial charge in [0.1, 0.15) is 11.2 Å². The van der Waals surface area contributed by atoms with E-state index in [0.717, 1.165) is 29.9 Å². The molecule has 1 aliphatic carbocycles. The molecule has 5 heterocycles. The van der Waals surface area contributed by atoms with Crippen LogP contribution < -0.4 is 5.73 Å². The molecule has 2 atom stereocenters. The van der Waals surface area contributed by atoms with Crippen molar-refractivity contribution in [2.24, 2.45) is 11.7 Å². The normalized spacial score (nSPS) is 23.0. The highest BCUT2D eigenvalue weighted by atomic mass is 32.1. The number of pyridine rings is 1. The summed E-state index contributed by atoms with van der Waals surface area (Å²) in [4.78, 5) is 24.5. The summed E-state index contributed by atoms with van der Waals surface area (Å²) in [5.74, 6) is 0.791. The van der Waals surface area contributed by atoms with Crippen LogP contribution in [0.15, 0.2) is 18.6 Å². The third kappa shape index (κ3) is 2.72. The molecule has 4 aromatic rings. The van der Waals surface area contributed by atoms with Gasteiger partial charge in [0.25, 0.3) is 0 Å². The van der Waals surface area contributed by atoms with Crippen LogP contribution in [0, 0.1) is 19.8 Å². The van der Waals surface area contributed by atoms with Crippen molar-refractivity contribution in [2.45, 2.75) is 45.4 Å². The quantitative estimate of drug-likeness (QED) is 0.486. The number of H-pyrrole nitrogens is 1. The Hall–Kier alpha value is -2.71.